The molecule has 0 saturated heterocycles. The van der Waals surface area contributed by atoms with Crippen molar-refractivity contribution in [2.45, 2.75) is 32.2 Å². The molecule has 0 aromatic carbocycles. The molecule has 1 N–H and O–H groups in total. The maximum atomic E-state index is 12.3. The average Bonchev–Trinajstić information content (AvgIpc) is 3.02. The minimum atomic E-state index is -0.880. The molecule has 1 amide bonds. The highest BCUT2D eigenvalue weighted by Crippen LogP contribution is 2.12. The summed E-state index contributed by atoms with van der Waals surface area (Å²) in [4.78, 5) is 16.5. The number of nitriles is 1. The van der Waals surface area contributed by atoms with Crippen molar-refractivity contribution in [1.29, 1.82) is 5.26 Å². The molecule has 108 valence electrons. The quantitative estimate of drug-likeness (QED) is 0.910. The van der Waals surface area contributed by atoms with Crippen LogP contribution in [0.5, 0.6) is 0 Å². The lowest BCUT2D eigenvalue weighted by Crippen LogP contribution is -2.45. The topological polar surface area (TPSA) is 83.6 Å². The van der Waals surface area contributed by atoms with Crippen LogP contribution in [-0.2, 0) is 0 Å². The van der Waals surface area contributed by atoms with Crippen molar-refractivity contribution in [1.82, 2.24) is 20.1 Å². The first kappa shape index (κ1) is 14.7. The molecule has 0 spiro atoms. The minimum absolute atomic E-state index is 0.264. The molecule has 0 aliphatic heterocycles. The van der Waals surface area contributed by atoms with Crippen molar-refractivity contribution >= 4 is 5.91 Å². The Morgan fingerprint density at radius 3 is 2.90 bits per heavy atom. The number of nitrogens with one attached hydrogen (secondary N) is 1. The predicted molar refractivity (Wildman–Crippen MR) is 77.8 cm³/mol. The number of carbonyl (C=O) groups is 1. The van der Waals surface area contributed by atoms with Gasteiger partial charge in [0.2, 0.25) is 0 Å². The van der Waals surface area contributed by atoms with E-state index in [1.807, 2.05) is 6.92 Å². The van der Waals surface area contributed by atoms with Crippen LogP contribution in [0.25, 0.3) is 5.82 Å². The molecule has 0 unspecified atom stereocenters. The number of nitrogens with zero attached hydrogens (tertiary/aromatic N) is 4. The highest BCUT2D eigenvalue weighted by Gasteiger charge is 2.26. The monoisotopic (exact) mass is 283 g/mol. The highest BCUT2D eigenvalue weighted by atomic mass is 16.2. The smallest absolute Gasteiger partial charge is 0.271 e. The van der Waals surface area contributed by atoms with Gasteiger partial charge in [-0.15, -0.1) is 0 Å². The van der Waals surface area contributed by atoms with Gasteiger partial charge in [-0.25, -0.2) is 9.67 Å². The van der Waals surface area contributed by atoms with E-state index in [0.717, 1.165) is 6.42 Å². The first-order valence-corrected chi connectivity index (χ1v) is 6.79. The summed E-state index contributed by atoms with van der Waals surface area (Å²) >= 11 is 0. The van der Waals surface area contributed by atoms with E-state index in [9.17, 15) is 10.1 Å². The summed E-state index contributed by atoms with van der Waals surface area (Å²) in [5, 5.41) is 16.0. The Morgan fingerprint density at radius 1 is 1.48 bits per heavy atom. The molecule has 6 nitrogen and oxygen atoms in total. The maximum absolute atomic E-state index is 12.3. The summed E-state index contributed by atoms with van der Waals surface area (Å²) in [7, 11) is 0. The molecule has 0 aliphatic carbocycles. The van der Waals surface area contributed by atoms with E-state index in [-0.39, 0.29) is 11.6 Å². The summed E-state index contributed by atoms with van der Waals surface area (Å²) in [6.07, 6.45) is 4.79. The Labute approximate surface area is 123 Å². The summed E-state index contributed by atoms with van der Waals surface area (Å²) in [6.45, 7) is 3.68. The lowest BCUT2D eigenvalue weighted by molar-refractivity contribution is 0.0916. The van der Waals surface area contributed by atoms with Crippen molar-refractivity contribution in [3.8, 4) is 11.9 Å². The standard InChI is InChI=1S/C15H17N5O/c1-3-8-15(2,11-16)19-14(21)12-6-4-7-13(18-12)20-10-5-9-17-20/h4-7,9-10H,3,8H2,1-2H3,(H,19,21)/t15-/m0/s1. The number of rotatable bonds is 5. The van der Waals surface area contributed by atoms with Gasteiger partial charge in [0.05, 0.1) is 6.07 Å². The highest BCUT2D eigenvalue weighted by molar-refractivity contribution is 5.93. The molecule has 0 fully saturated rings. The fraction of sp³-hybridized carbons (Fsp3) is 0.333. The Kier molecular flexibility index (Phi) is 4.33. The lowest BCUT2D eigenvalue weighted by Gasteiger charge is -2.22. The summed E-state index contributed by atoms with van der Waals surface area (Å²) in [5.74, 6) is 0.198. The van der Waals surface area contributed by atoms with Crippen LogP contribution in [0.3, 0.4) is 0 Å². The Hall–Kier alpha value is -2.68. The minimum Gasteiger partial charge on any atom is -0.333 e. The van der Waals surface area contributed by atoms with Crippen LogP contribution in [0.15, 0.2) is 36.7 Å². The Morgan fingerprint density at radius 2 is 2.29 bits per heavy atom. The van der Waals surface area contributed by atoms with E-state index in [1.54, 1.807) is 48.3 Å². The summed E-state index contributed by atoms with van der Waals surface area (Å²) in [5.41, 5.74) is -0.615. The van der Waals surface area contributed by atoms with Crippen LogP contribution in [0.1, 0.15) is 37.2 Å². The van der Waals surface area contributed by atoms with Crippen LogP contribution in [0.2, 0.25) is 0 Å². The first-order chi connectivity index (χ1) is 10.1. The van der Waals surface area contributed by atoms with Gasteiger partial charge >= 0.3 is 0 Å². The van der Waals surface area contributed by atoms with Gasteiger partial charge in [-0.05, 0) is 31.5 Å². The molecular weight excluding hydrogens is 266 g/mol. The fourth-order valence-electron chi connectivity index (χ4n) is 2.04. The second-order valence-electron chi connectivity index (χ2n) is 4.98. The Balaban J connectivity index is 2.21. The second kappa shape index (κ2) is 6.18. The molecule has 1 atom stereocenters. The number of carbonyl (C=O) groups excluding carboxylic acids is 1. The zero-order valence-corrected chi connectivity index (χ0v) is 12.1. The van der Waals surface area contributed by atoms with Gasteiger partial charge in [-0.2, -0.15) is 10.4 Å². The van der Waals surface area contributed by atoms with Crippen LogP contribution in [0.4, 0.5) is 0 Å². The van der Waals surface area contributed by atoms with Crippen LogP contribution in [0, 0.1) is 11.3 Å². The summed E-state index contributed by atoms with van der Waals surface area (Å²) < 4.78 is 1.58. The van der Waals surface area contributed by atoms with Gasteiger partial charge in [0, 0.05) is 12.4 Å². The average molecular weight is 283 g/mol. The molecule has 0 radical (unpaired) electrons. The molecule has 2 aromatic rings. The van der Waals surface area contributed by atoms with Crippen molar-refractivity contribution in [3.05, 3.63) is 42.4 Å². The van der Waals surface area contributed by atoms with Crippen molar-refractivity contribution in [2.24, 2.45) is 0 Å². The van der Waals surface area contributed by atoms with Gasteiger partial charge in [0.25, 0.3) is 5.91 Å². The van der Waals surface area contributed by atoms with Crippen molar-refractivity contribution < 1.29 is 4.79 Å². The number of hydrogen-bond donors (Lipinski definition) is 1. The first-order valence-electron chi connectivity index (χ1n) is 6.79. The van der Waals surface area contributed by atoms with Gasteiger partial charge in [-0.3, -0.25) is 4.79 Å². The molecule has 6 heteroatoms. The third-order valence-corrected chi connectivity index (χ3v) is 3.09. The number of pyridine rings is 1. The van der Waals surface area contributed by atoms with Gasteiger partial charge in [0.15, 0.2) is 5.82 Å². The molecular formula is C15H17N5O. The lowest BCUT2D eigenvalue weighted by atomic mass is 9.98. The van der Waals surface area contributed by atoms with E-state index in [4.69, 9.17) is 0 Å². The molecule has 0 saturated carbocycles. The van der Waals surface area contributed by atoms with Crippen LogP contribution < -0.4 is 5.32 Å². The van der Waals surface area contributed by atoms with E-state index in [0.29, 0.717) is 12.2 Å². The predicted octanol–water partition coefficient (Wildman–Crippen LogP) is 2.08. The molecule has 2 rings (SSSR count). The van der Waals surface area contributed by atoms with Crippen LogP contribution in [-0.4, -0.2) is 26.2 Å². The molecule has 0 aliphatic rings. The van der Waals surface area contributed by atoms with Gasteiger partial charge in [-0.1, -0.05) is 19.4 Å². The van der Waals surface area contributed by atoms with Crippen molar-refractivity contribution in [2.75, 3.05) is 0 Å². The van der Waals surface area contributed by atoms with Crippen molar-refractivity contribution in [3.63, 3.8) is 0 Å². The molecule has 21 heavy (non-hydrogen) atoms. The zero-order chi connectivity index (χ0) is 15.3. The normalized spacial score (nSPS) is 13.2. The van der Waals surface area contributed by atoms with E-state index in [1.165, 1.54) is 0 Å². The Bertz CT molecular complexity index is 659. The molecule has 2 heterocycles. The zero-order valence-electron chi connectivity index (χ0n) is 12.1. The van der Waals surface area contributed by atoms with Gasteiger partial charge < -0.3 is 5.32 Å². The molecule has 0 bridgehead atoms. The third-order valence-electron chi connectivity index (χ3n) is 3.09. The fourth-order valence-corrected chi connectivity index (χ4v) is 2.04. The SMILES string of the molecule is CCC[C@@](C)(C#N)NC(=O)c1cccc(-n2cccn2)n1. The van der Waals surface area contributed by atoms with E-state index < -0.39 is 5.54 Å². The molecule has 2 aromatic heterocycles. The van der Waals surface area contributed by atoms with Gasteiger partial charge in [0.1, 0.15) is 11.2 Å². The number of aromatic nitrogens is 3. The van der Waals surface area contributed by atoms with E-state index >= 15 is 0 Å². The summed E-state index contributed by atoms with van der Waals surface area (Å²) in [6, 6.07) is 9.04. The van der Waals surface area contributed by atoms with Crippen LogP contribution >= 0.6 is 0 Å². The number of hydrogen-bond acceptors (Lipinski definition) is 4. The maximum Gasteiger partial charge on any atom is 0.271 e. The van der Waals surface area contributed by atoms with E-state index in [2.05, 4.69) is 21.5 Å². The number of amides is 1. The second-order valence-corrected chi connectivity index (χ2v) is 4.98. The largest absolute Gasteiger partial charge is 0.333 e. The third kappa shape index (κ3) is 3.45.